The van der Waals surface area contributed by atoms with Gasteiger partial charge in [0.15, 0.2) is 0 Å². The van der Waals surface area contributed by atoms with Crippen molar-refractivity contribution in [2.24, 2.45) is 0 Å². The molecule has 0 bridgehead atoms. The van der Waals surface area contributed by atoms with Crippen molar-refractivity contribution in [3.63, 3.8) is 0 Å². The Kier molecular flexibility index (Phi) is 9.44. The molecule has 1 saturated heterocycles. The number of ether oxygens (including phenoxy) is 1. The smallest absolute Gasteiger partial charge is 0.105 e. The van der Waals surface area contributed by atoms with Crippen LogP contribution in [0, 0.1) is 5.21 Å². The van der Waals surface area contributed by atoms with E-state index in [2.05, 4.69) is 6.92 Å². The number of aliphatic hydroxyl groups is 1. The van der Waals surface area contributed by atoms with E-state index in [1.54, 1.807) is 0 Å². The van der Waals surface area contributed by atoms with Gasteiger partial charge in [-0.05, 0) is 6.42 Å². The zero-order chi connectivity index (χ0) is 14.7. The Labute approximate surface area is 124 Å². The molecule has 1 fully saturated rings. The third kappa shape index (κ3) is 8.20. The van der Waals surface area contributed by atoms with E-state index in [0.29, 0.717) is 32.8 Å². The molecule has 20 heavy (non-hydrogen) atoms. The van der Waals surface area contributed by atoms with Gasteiger partial charge in [-0.2, -0.15) is 0 Å². The van der Waals surface area contributed by atoms with E-state index in [9.17, 15) is 10.3 Å². The maximum Gasteiger partial charge on any atom is 0.105 e. The molecular weight excluding hydrogens is 254 g/mol. The van der Waals surface area contributed by atoms with Crippen LogP contribution in [0.3, 0.4) is 0 Å². The Morgan fingerprint density at radius 2 is 1.55 bits per heavy atom. The van der Waals surface area contributed by atoms with Crippen molar-refractivity contribution in [1.29, 1.82) is 0 Å². The summed E-state index contributed by atoms with van der Waals surface area (Å²) in [6, 6.07) is 0. The Balaban J connectivity index is 1.95. The highest BCUT2D eigenvalue weighted by molar-refractivity contribution is 4.60. The van der Waals surface area contributed by atoms with Crippen LogP contribution < -0.4 is 0 Å². The van der Waals surface area contributed by atoms with Crippen molar-refractivity contribution in [1.82, 2.24) is 0 Å². The van der Waals surface area contributed by atoms with Crippen LogP contribution in [0.5, 0.6) is 0 Å². The predicted molar refractivity (Wildman–Crippen MR) is 82.3 cm³/mol. The van der Waals surface area contributed by atoms with E-state index < -0.39 is 6.10 Å². The number of hydrogen-bond donors (Lipinski definition) is 1. The molecule has 0 amide bonds. The average Bonchev–Trinajstić information content (AvgIpc) is 2.42. The first-order chi connectivity index (χ1) is 9.66. The minimum absolute atomic E-state index is 0.266. The molecule has 0 aromatic rings. The Morgan fingerprint density at radius 1 is 1.00 bits per heavy atom. The standard InChI is InChI=1S/C16H33NO3/c1-2-3-4-5-6-7-8-9-10-16(18)15-17(19)11-13-20-14-12-17/h16,18H,2-15H2,1H3. The molecule has 0 saturated carbocycles. The second-order valence-corrected chi connectivity index (χ2v) is 6.22. The van der Waals surface area contributed by atoms with Gasteiger partial charge >= 0.3 is 0 Å². The van der Waals surface area contributed by atoms with Crippen molar-refractivity contribution < 1.29 is 14.5 Å². The second kappa shape index (κ2) is 10.6. The zero-order valence-electron chi connectivity index (χ0n) is 13.2. The van der Waals surface area contributed by atoms with Gasteiger partial charge in [0.2, 0.25) is 0 Å². The highest BCUT2D eigenvalue weighted by Gasteiger charge is 2.24. The minimum Gasteiger partial charge on any atom is -0.633 e. The quantitative estimate of drug-likeness (QED) is 0.360. The highest BCUT2D eigenvalue weighted by atomic mass is 16.6. The molecule has 1 heterocycles. The van der Waals surface area contributed by atoms with Crippen molar-refractivity contribution in [3.8, 4) is 0 Å². The van der Waals surface area contributed by atoms with Crippen LogP contribution in [0.15, 0.2) is 0 Å². The highest BCUT2D eigenvalue weighted by Crippen LogP contribution is 2.15. The van der Waals surface area contributed by atoms with E-state index in [4.69, 9.17) is 4.74 Å². The lowest BCUT2D eigenvalue weighted by Gasteiger charge is -2.46. The van der Waals surface area contributed by atoms with Crippen LogP contribution in [-0.4, -0.2) is 48.7 Å². The number of hydrogen-bond acceptors (Lipinski definition) is 3. The summed E-state index contributed by atoms with van der Waals surface area (Å²) in [5.41, 5.74) is 0. The van der Waals surface area contributed by atoms with Crippen LogP contribution in [0.2, 0.25) is 0 Å². The second-order valence-electron chi connectivity index (χ2n) is 6.22. The third-order valence-corrected chi connectivity index (χ3v) is 4.22. The lowest BCUT2D eigenvalue weighted by atomic mass is 10.1. The number of rotatable bonds is 11. The molecule has 0 aliphatic carbocycles. The number of morpholine rings is 1. The zero-order valence-corrected chi connectivity index (χ0v) is 13.2. The van der Waals surface area contributed by atoms with E-state index >= 15 is 0 Å². The summed E-state index contributed by atoms with van der Waals surface area (Å²) in [7, 11) is 0. The summed E-state index contributed by atoms with van der Waals surface area (Å²) in [5.74, 6) is 0. The van der Waals surface area contributed by atoms with Crippen LogP contribution >= 0.6 is 0 Å². The number of unbranched alkanes of at least 4 members (excludes halogenated alkanes) is 7. The molecule has 4 heteroatoms. The summed E-state index contributed by atoms with van der Waals surface area (Å²) >= 11 is 0. The van der Waals surface area contributed by atoms with Gasteiger partial charge < -0.3 is 19.7 Å². The van der Waals surface area contributed by atoms with Gasteiger partial charge in [-0.3, -0.25) is 0 Å². The van der Waals surface area contributed by atoms with Crippen LogP contribution in [-0.2, 0) is 4.74 Å². The van der Waals surface area contributed by atoms with Gasteiger partial charge in [0.1, 0.15) is 25.7 Å². The minimum atomic E-state index is -0.439. The van der Waals surface area contributed by atoms with E-state index in [0.717, 1.165) is 12.8 Å². The normalized spacial score (nSPS) is 19.9. The molecule has 0 spiro atoms. The molecule has 1 N–H and O–H groups in total. The van der Waals surface area contributed by atoms with E-state index in [1.165, 1.54) is 44.9 Å². The van der Waals surface area contributed by atoms with E-state index in [1.807, 2.05) is 0 Å². The maximum atomic E-state index is 12.3. The molecule has 120 valence electrons. The monoisotopic (exact) mass is 287 g/mol. The van der Waals surface area contributed by atoms with Crippen molar-refractivity contribution in [2.75, 3.05) is 32.8 Å². The topological polar surface area (TPSA) is 52.5 Å². The molecule has 1 atom stereocenters. The van der Waals surface area contributed by atoms with Crippen LogP contribution in [0.25, 0.3) is 0 Å². The lowest BCUT2D eigenvalue weighted by Crippen LogP contribution is -2.53. The first kappa shape index (κ1) is 17.9. The predicted octanol–water partition coefficient (Wildman–Crippen LogP) is 3.22. The summed E-state index contributed by atoms with van der Waals surface area (Å²) in [4.78, 5) is 0. The van der Waals surface area contributed by atoms with Crippen molar-refractivity contribution >= 4 is 0 Å². The molecule has 1 aliphatic heterocycles. The SMILES string of the molecule is CCCCCCCCCCC(O)C[N+]1([O-])CCOCC1. The Bertz CT molecular complexity index is 230. The Hall–Kier alpha value is -0.160. The fourth-order valence-electron chi connectivity index (χ4n) is 2.85. The molecule has 0 radical (unpaired) electrons. The molecule has 0 aromatic carbocycles. The number of hydroxylamine groups is 3. The van der Waals surface area contributed by atoms with Gasteiger partial charge in [0, 0.05) is 0 Å². The maximum absolute atomic E-state index is 12.3. The van der Waals surface area contributed by atoms with Gasteiger partial charge in [0.25, 0.3) is 0 Å². The van der Waals surface area contributed by atoms with Gasteiger partial charge in [-0.25, -0.2) is 0 Å². The third-order valence-electron chi connectivity index (χ3n) is 4.22. The summed E-state index contributed by atoms with van der Waals surface area (Å²) < 4.78 is 4.94. The van der Waals surface area contributed by atoms with Crippen LogP contribution in [0.4, 0.5) is 0 Å². The first-order valence-corrected chi connectivity index (χ1v) is 8.49. The number of aliphatic hydroxyl groups excluding tert-OH is 1. The Morgan fingerprint density at radius 3 is 2.15 bits per heavy atom. The fourth-order valence-corrected chi connectivity index (χ4v) is 2.85. The number of quaternary nitrogens is 1. The largest absolute Gasteiger partial charge is 0.633 e. The van der Waals surface area contributed by atoms with E-state index in [-0.39, 0.29) is 4.65 Å². The molecule has 1 aliphatic rings. The van der Waals surface area contributed by atoms with Gasteiger partial charge in [-0.15, -0.1) is 0 Å². The summed E-state index contributed by atoms with van der Waals surface area (Å²) in [6.45, 7) is 4.64. The van der Waals surface area contributed by atoms with Gasteiger partial charge in [-0.1, -0.05) is 58.3 Å². The molecular formula is C16H33NO3. The lowest BCUT2D eigenvalue weighted by molar-refractivity contribution is -0.891. The van der Waals surface area contributed by atoms with Crippen molar-refractivity contribution in [3.05, 3.63) is 5.21 Å². The molecule has 1 unspecified atom stereocenters. The molecule has 4 nitrogen and oxygen atoms in total. The molecule has 0 aromatic heterocycles. The van der Waals surface area contributed by atoms with Gasteiger partial charge in [0.05, 0.1) is 13.2 Å². The fraction of sp³-hybridized carbons (Fsp3) is 1.00. The van der Waals surface area contributed by atoms with Crippen molar-refractivity contribution in [2.45, 2.75) is 70.8 Å². The summed E-state index contributed by atoms with van der Waals surface area (Å²) in [5, 5.41) is 22.2. The average molecular weight is 287 g/mol. The number of nitrogens with zero attached hydrogens (tertiary/aromatic N) is 1. The molecule has 1 rings (SSSR count). The summed E-state index contributed by atoms with van der Waals surface area (Å²) in [6.07, 6.45) is 10.5. The first-order valence-electron chi connectivity index (χ1n) is 8.49. The van der Waals surface area contributed by atoms with Crippen LogP contribution in [0.1, 0.15) is 64.7 Å².